The Morgan fingerprint density at radius 3 is 2.56 bits per heavy atom. The number of rotatable bonds is 3. The molecule has 0 aliphatic rings. The number of amides is 1. The average molecular weight is 413 g/mol. The zero-order valence-electron chi connectivity index (χ0n) is 14.1. The first-order valence-electron chi connectivity index (χ1n) is 7.92. The topological polar surface area (TPSA) is 75.1 Å². The van der Waals surface area contributed by atoms with Gasteiger partial charge in [0.2, 0.25) is 0 Å². The van der Waals surface area contributed by atoms with Crippen molar-refractivity contribution in [1.29, 1.82) is 0 Å². The second-order valence-corrected chi connectivity index (χ2v) is 9.20. The smallest absolute Gasteiger partial charge is 0.465 e. The van der Waals surface area contributed by atoms with Crippen molar-refractivity contribution >= 4 is 48.1 Å². The Morgan fingerprint density at radius 2 is 1.92 bits per heavy atom. The van der Waals surface area contributed by atoms with Crippen molar-refractivity contribution in [2.75, 3.05) is 0 Å². The first-order valence-corrected chi connectivity index (χ1v) is 13.2. The van der Waals surface area contributed by atoms with Gasteiger partial charge in [-0.05, 0) is 25.1 Å². The number of carbonyl (C=O) groups is 1. The second kappa shape index (κ2) is 9.69. The van der Waals surface area contributed by atoms with E-state index in [2.05, 4.69) is 33.2 Å². The number of pyridine rings is 2. The van der Waals surface area contributed by atoms with E-state index < -0.39 is 6.09 Å². The SMILES string of the molecule is CC(NC(=O)O)c1cc2nc(-c3ccccc3)ccc2cn1.[CH3][Mg][Br]. The summed E-state index contributed by atoms with van der Waals surface area (Å²) in [4.78, 5) is 19.7. The Labute approximate surface area is 162 Å². The number of hydrogen-bond acceptors (Lipinski definition) is 3. The van der Waals surface area contributed by atoms with Gasteiger partial charge in [0.25, 0.3) is 0 Å². The molecule has 3 rings (SSSR count). The highest BCUT2D eigenvalue weighted by molar-refractivity contribution is 9.23. The van der Waals surface area contributed by atoms with Gasteiger partial charge in [0.05, 0.1) is 22.9 Å². The maximum absolute atomic E-state index is 10.7. The molecule has 2 aromatic heterocycles. The standard InChI is InChI=1S/C17H15N3O2.CH3.BrH.Mg/c1-11(19-17(21)22)15-9-16-13(10-18-15)7-8-14(20-16)12-5-3-2-4-6-12;;;/h2-11,19H,1H3,(H,21,22);1H3;1H;/q;;;+1/p-1. The van der Waals surface area contributed by atoms with E-state index in [1.165, 1.54) is 0 Å². The Hall–Kier alpha value is -1.70. The molecule has 0 aliphatic carbocycles. The lowest BCUT2D eigenvalue weighted by atomic mass is 10.1. The van der Waals surface area contributed by atoms with Crippen LogP contribution < -0.4 is 5.32 Å². The van der Waals surface area contributed by atoms with Crippen LogP contribution in [0, 0.1) is 0 Å². The van der Waals surface area contributed by atoms with Crippen LogP contribution >= 0.6 is 12.9 Å². The molecule has 1 unspecified atom stereocenters. The molecule has 1 atom stereocenters. The highest BCUT2D eigenvalue weighted by atomic mass is 79.9. The van der Waals surface area contributed by atoms with E-state index in [0.717, 1.165) is 22.2 Å². The third-order valence-corrected chi connectivity index (χ3v) is 3.45. The number of halogens is 1. The van der Waals surface area contributed by atoms with Crippen molar-refractivity contribution in [2.45, 2.75) is 18.0 Å². The van der Waals surface area contributed by atoms with E-state index in [4.69, 9.17) is 5.11 Å². The van der Waals surface area contributed by atoms with Crippen LogP contribution in [0.15, 0.2) is 54.7 Å². The fraction of sp³-hybridized carbons (Fsp3) is 0.167. The van der Waals surface area contributed by atoms with Crippen LogP contribution in [0.2, 0.25) is 5.05 Å². The normalized spacial score (nSPS) is 11.0. The third kappa shape index (κ3) is 5.66. The summed E-state index contributed by atoms with van der Waals surface area (Å²) >= 11 is 3.51. The van der Waals surface area contributed by atoms with Crippen molar-refractivity contribution < 1.29 is 9.90 Å². The van der Waals surface area contributed by atoms with Crippen LogP contribution in [0.25, 0.3) is 22.2 Å². The lowest BCUT2D eigenvalue weighted by Gasteiger charge is -2.11. The molecule has 0 saturated heterocycles. The summed E-state index contributed by atoms with van der Waals surface area (Å²) in [7, 11) is 0. The molecule has 0 radical (unpaired) electrons. The van der Waals surface area contributed by atoms with Crippen LogP contribution in [0.5, 0.6) is 0 Å². The quantitative estimate of drug-likeness (QED) is 0.613. The van der Waals surface area contributed by atoms with Crippen LogP contribution in [0.1, 0.15) is 18.7 Å². The molecule has 25 heavy (non-hydrogen) atoms. The van der Waals surface area contributed by atoms with Gasteiger partial charge in [0.15, 0.2) is 0 Å². The molecule has 3 aromatic rings. The molecular formula is C18H18BrMgN3O2. The average Bonchev–Trinajstić information content (AvgIpc) is 2.61. The van der Waals surface area contributed by atoms with Crippen molar-refractivity contribution in [3.05, 3.63) is 60.4 Å². The minimum absolute atomic E-state index is 0.229. The second-order valence-electron chi connectivity index (χ2n) is 5.30. The molecule has 0 aliphatic heterocycles. The molecule has 1 amide bonds. The number of fused-ring (bicyclic) bond motifs is 1. The molecule has 5 nitrogen and oxygen atoms in total. The Kier molecular flexibility index (Phi) is 7.61. The minimum atomic E-state index is -1.07. The number of aromatic nitrogens is 2. The molecule has 126 valence electrons. The summed E-state index contributed by atoms with van der Waals surface area (Å²) in [5, 5.41) is 14.3. The highest BCUT2D eigenvalue weighted by Crippen LogP contribution is 2.22. The van der Waals surface area contributed by atoms with Gasteiger partial charge >= 0.3 is 24.3 Å². The molecule has 0 spiro atoms. The van der Waals surface area contributed by atoms with Gasteiger partial charge in [0.1, 0.15) is 0 Å². The molecule has 2 N–H and O–H groups in total. The minimum Gasteiger partial charge on any atom is -0.465 e. The zero-order chi connectivity index (χ0) is 18.2. The van der Waals surface area contributed by atoms with E-state index in [-0.39, 0.29) is 24.2 Å². The van der Waals surface area contributed by atoms with Crippen LogP contribution in [0.3, 0.4) is 0 Å². The van der Waals surface area contributed by atoms with E-state index in [1.807, 2.05) is 48.5 Å². The monoisotopic (exact) mass is 411 g/mol. The first-order chi connectivity index (χ1) is 12.0. The van der Waals surface area contributed by atoms with Gasteiger partial charge in [0, 0.05) is 17.1 Å². The van der Waals surface area contributed by atoms with E-state index in [1.54, 1.807) is 13.1 Å². The van der Waals surface area contributed by atoms with Crippen molar-refractivity contribution in [3.63, 3.8) is 0 Å². The molecule has 0 saturated carbocycles. The number of nitrogens with zero attached hydrogens (tertiary/aromatic N) is 2. The van der Waals surface area contributed by atoms with E-state index in [9.17, 15) is 4.79 Å². The lowest BCUT2D eigenvalue weighted by Crippen LogP contribution is -2.25. The molecular weight excluding hydrogens is 394 g/mol. The summed E-state index contributed by atoms with van der Waals surface area (Å²) in [6.45, 7) is 1.75. The summed E-state index contributed by atoms with van der Waals surface area (Å²) < 4.78 is 0. The summed E-state index contributed by atoms with van der Waals surface area (Å²) in [6.07, 6.45) is 0.646. The summed E-state index contributed by atoms with van der Waals surface area (Å²) in [6, 6.07) is 15.3. The van der Waals surface area contributed by atoms with Gasteiger partial charge in [-0.2, -0.15) is 0 Å². The van der Waals surface area contributed by atoms with E-state index in [0.29, 0.717) is 5.69 Å². The van der Waals surface area contributed by atoms with Crippen molar-refractivity contribution in [3.8, 4) is 11.3 Å². The highest BCUT2D eigenvalue weighted by Gasteiger charge is 2.11. The Balaban J connectivity index is 0.000000701. The maximum Gasteiger partial charge on any atom is 0.465 e. The number of hydrogen-bond donors (Lipinski definition) is 2. The van der Waals surface area contributed by atoms with E-state index >= 15 is 0 Å². The van der Waals surface area contributed by atoms with Crippen molar-refractivity contribution in [1.82, 2.24) is 15.3 Å². The molecule has 0 fully saturated rings. The van der Waals surface area contributed by atoms with Gasteiger partial charge in [-0.25, -0.2) is 9.78 Å². The summed E-state index contributed by atoms with van der Waals surface area (Å²) in [5.74, 6) is 0. The number of nitrogens with one attached hydrogen (secondary N) is 1. The van der Waals surface area contributed by atoms with Crippen LogP contribution in [-0.2, 0) is 0 Å². The van der Waals surface area contributed by atoms with Gasteiger partial charge in [-0.1, -0.05) is 30.3 Å². The molecule has 0 bridgehead atoms. The summed E-state index contributed by atoms with van der Waals surface area (Å²) in [5.41, 5.74) is 3.36. The first kappa shape index (κ1) is 19.6. The number of carboxylic acid groups (broad SMARTS) is 1. The Morgan fingerprint density at radius 1 is 1.24 bits per heavy atom. The fourth-order valence-corrected chi connectivity index (χ4v) is 2.30. The maximum atomic E-state index is 10.7. The largest absolute Gasteiger partial charge is 0.465 e. The third-order valence-electron chi connectivity index (χ3n) is 3.45. The van der Waals surface area contributed by atoms with Gasteiger partial charge in [-0.3, -0.25) is 4.98 Å². The molecule has 2 heterocycles. The van der Waals surface area contributed by atoms with Crippen LogP contribution in [-0.4, -0.2) is 39.4 Å². The van der Waals surface area contributed by atoms with Crippen molar-refractivity contribution in [2.24, 2.45) is 0 Å². The number of benzene rings is 1. The van der Waals surface area contributed by atoms with Gasteiger partial charge in [-0.15, -0.1) is 5.05 Å². The molecule has 7 heteroatoms. The van der Waals surface area contributed by atoms with Crippen LogP contribution in [0.4, 0.5) is 4.79 Å². The molecule has 1 aromatic carbocycles. The predicted octanol–water partition coefficient (Wildman–Crippen LogP) is 4.67. The fourth-order valence-electron chi connectivity index (χ4n) is 2.30. The predicted molar refractivity (Wildman–Crippen MR) is 105 cm³/mol. The Bertz CT molecular complexity index is 846. The van der Waals surface area contributed by atoms with Gasteiger partial charge < -0.3 is 23.3 Å². The zero-order valence-corrected chi connectivity index (χ0v) is 17.1. The lowest BCUT2D eigenvalue weighted by molar-refractivity contribution is 0.190.